The largest absolute Gasteiger partial charge is 0.351 e. The molecule has 1 aromatic heterocycles. The summed E-state index contributed by atoms with van der Waals surface area (Å²) in [5.41, 5.74) is 2.75. The zero-order chi connectivity index (χ0) is 18.0. The number of nitrogens with one attached hydrogen (secondary N) is 2. The summed E-state index contributed by atoms with van der Waals surface area (Å²) < 4.78 is 0. The molecule has 0 radical (unpaired) electrons. The van der Waals surface area contributed by atoms with Crippen LogP contribution in [0.2, 0.25) is 0 Å². The highest BCUT2D eigenvalue weighted by Gasteiger charge is 2.24. The van der Waals surface area contributed by atoms with Crippen molar-refractivity contribution in [1.82, 2.24) is 15.2 Å². The minimum absolute atomic E-state index is 0.0687. The highest BCUT2D eigenvalue weighted by Crippen LogP contribution is 2.18. The van der Waals surface area contributed by atoms with E-state index in [-0.39, 0.29) is 17.9 Å². The van der Waals surface area contributed by atoms with Crippen molar-refractivity contribution in [3.05, 3.63) is 35.5 Å². The molecule has 0 saturated carbocycles. The maximum atomic E-state index is 12.5. The maximum Gasteiger partial charge on any atom is 0.267 e. The molecule has 3 rings (SSSR count). The average Bonchev–Trinajstić information content (AvgIpc) is 2.98. The Morgan fingerprint density at radius 2 is 1.96 bits per heavy atom. The van der Waals surface area contributed by atoms with Gasteiger partial charge >= 0.3 is 0 Å². The molecular formula is C20H27N3O2. The number of benzene rings is 1. The van der Waals surface area contributed by atoms with E-state index in [1.165, 1.54) is 5.56 Å². The van der Waals surface area contributed by atoms with Crippen LogP contribution in [0, 0.1) is 12.8 Å². The molecule has 2 aromatic rings. The molecular weight excluding hydrogens is 314 g/mol. The number of likely N-dealkylation sites (tertiary alicyclic amines) is 1. The normalized spacial score (nSPS) is 15.8. The van der Waals surface area contributed by atoms with E-state index in [9.17, 15) is 9.59 Å². The van der Waals surface area contributed by atoms with Crippen LogP contribution in [0.25, 0.3) is 10.9 Å². The van der Waals surface area contributed by atoms with Gasteiger partial charge in [-0.25, -0.2) is 0 Å². The van der Waals surface area contributed by atoms with E-state index < -0.39 is 0 Å². The number of hydrogen-bond acceptors (Lipinski definition) is 2. The molecule has 5 heteroatoms. The Hall–Kier alpha value is -2.30. The van der Waals surface area contributed by atoms with Gasteiger partial charge in [-0.3, -0.25) is 9.59 Å². The molecule has 5 nitrogen and oxygen atoms in total. The Morgan fingerprint density at radius 3 is 2.64 bits per heavy atom. The summed E-state index contributed by atoms with van der Waals surface area (Å²) in [6.07, 6.45) is 2.23. The zero-order valence-corrected chi connectivity index (χ0v) is 15.3. The van der Waals surface area contributed by atoms with Crippen molar-refractivity contribution in [2.45, 2.75) is 46.1 Å². The van der Waals surface area contributed by atoms with Crippen LogP contribution in [0.4, 0.5) is 0 Å². The lowest BCUT2D eigenvalue weighted by molar-refractivity contribution is -0.133. The first-order chi connectivity index (χ1) is 11.9. The minimum atomic E-state index is -0.0687. The third-order valence-electron chi connectivity index (χ3n) is 4.79. The second-order valence-electron chi connectivity index (χ2n) is 7.50. The molecule has 2 heterocycles. The van der Waals surface area contributed by atoms with Crippen molar-refractivity contribution in [1.29, 1.82) is 0 Å². The minimum Gasteiger partial charge on any atom is -0.351 e. The average molecular weight is 341 g/mol. The molecule has 1 saturated heterocycles. The number of H-pyrrole nitrogens is 1. The number of fused-ring (bicyclic) bond motifs is 1. The number of piperidine rings is 1. The van der Waals surface area contributed by atoms with Crippen LogP contribution in [0.15, 0.2) is 24.3 Å². The van der Waals surface area contributed by atoms with E-state index in [2.05, 4.69) is 30.2 Å². The lowest BCUT2D eigenvalue weighted by Gasteiger charge is -2.32. The molecule has 0 aliphatic carbocycles. The lowest BCUT2D eigenvalue weighted by Crippen LogP contribution is -2.46. The van der Waals surface area contributed by atoms with Gasteiger partial charge in [0.1, 0.15) is 5.69 Å². The SMILES string of the molecule is Cc1ccc2[nH]c(C(=O)NC3CCN(C(=O)CC(C)C)CC3)cc2c1. The fourth-order valence-electron chi connectivity index (χ4n) is 3.39. The first kappa shape index (κ1) is 17.5. The van der Waals surface area contributed by atoms with E-state index >= 15 is 0 Å². The topological polar surface area (TPSA) is 65.2 Å². The van der Waals surface area contributed by atoms with Crippen LogP contribution in [-0.2, 0) is 4.79 Å². The molecule has 1 aliphatic rings. The summed E-state index contributed by atoms with van der Waals surface area (Å²) in [5, 5.41) is 4.16. The second kappa shape index (κ2) is 7.30. The van der Waals surface area contributed by atoms with Crippen molar-refractivity contribution < 1.29 is 9.59 Å². The summed E-state index contributed by atoms with van der Waals surface area (Å²) in [5.74, 6) is 0.544. The molecule has 1 aromatic carbocycles. The van der Waals surface area contributed by atoms with E-state index in [1.807, 2.05) is 30.0 Å². The smallest absolute Gasteiger partial charge is 0.267 e. The number of rotatable bonds is 4. The maximum absolute atomic E-state index is 12.5. The van der Waals surface area contributed by atoms with Crippen LogP contribution < -0.4 is 5.32 Å². The Bertz CT molecular complexity index is 770. The van der Waals surface area contributed by atoms with Crippen LogP contribution >= 0.6 is 0 Å². The van der Waals surface area contributed by atoms with Gasteiger partial charge in [-0.2, -0.15) is 0 Å². The number of carbonyl (C=O) groups is 2. The standard InChI is InChI=1S/C20H27N3O2/c1-13(2)10-19(24)23-8-6-16(7-9-23)21-20(25)18-12-15-11-14(3)4-5-17(15)22-18/h4-5,11-13,16,22H,6-10H2,1-3H3,(H,21,25). The molecule has 0 unspecified atom stereocenters. The summed E-state index contributed by atoms with van der Waals surface area (Å²) in [6, 6.07) is 8.13. The van der Waals surface area contributed by atoms with Gasteiger partial charge in [0.15, 0.2) is 0 Å². The highest BCUT2D eigenvalue weighted by molar-refractivity contribution is 5.98. The predicted molar refractivity (Wildman–Crippen MR) is 99.6 cm³/mol. The third kappa shape index (κ3) is 4.21. The molecule has 0 bridgehead atoms. The van der Waals surface area contributed by atoms with Gasteiger partial charge in [0.2, 0.25) is 5.91 Å². The van der Waals surface area contributed by atoms with Crippen molar-refractivity contribution in [2.75, 3.05) is 13.1 Å². The number of aromatic nitrogens is 1. The van der Waals surface area contributed by atoms with E-state index in [0.717, 1.165) is 36.8 Å². The summed E-state index contributed by atoms with van der Waals surface area (Å²) in [7, 11) is 0. The Morgan fingerprint density at radius 1 is 1.24 bits per heavy atom. The van der Waals surface area contributed by atoms with Gasteiger partial charge in [-0.05, 0) is 43.9 Å². The van der Waals surface area contributed by atoms with Gasteiger partial charge < -0.3 is 15.2 Å². The third-order valence-corrected chi connectivity index (χ3v) is 4.79. The van der Waals surface area contributed by atoms with Crippen LogP contribution in [0.3, 0.4) is 0 Å². The molecule has 25 heavy (non-hydrogen) atoms. The second-order valence-corrected chi connectivity index (χ2v) is 7.50. The summed E-state index contributed by atoms with van der Waals surface area (Å²) in [4.78, 5) is 29.7. The molecule has 2 N–H and O–H groups in total. The number of hydrogen-bond donors (Lipinski definition) is 2. The molecule has 0 spiro atoms. The van der Waals surface area contributed by atoms with Gasteiger partial charge in [-0.15, -0.1) is 0 Å². The Balaban J connectivity index is 1.56. The van der Waals surface area contributed by atoms with Gasteiger partial charge in [-0.1, -0.05) is 25.5 Å². The van der Waals surface area contributed by atoms with E-state index in [4.69, 9.17) is 0 Å². The summed E-state index contributed by atoms with van der Waals surface area (Å²) in [6.45, 7) is 7.62. The molecule has 2 amide bonds. The first-order valence-electron chi connectivity index (χ1n) is 9.10. The monoisotopic (exact) mass is 341 g/mol. The fraction of sp³-hybridized carbons (Fsp3) is 0.500. The number of aryl methyl sites for hydroxylation is 1. The lowest BCUT2D eigenvalue weighted by atomic mass is 10.0. The zero-order valence-electron chi connectivity index (χ0n) is 15.3. The van der Waals surface area contributed by atoms with Crippen molar-refractivity contribution in [3.63, 3.8) is 0 Å². The quantitative estimate of drug-likeness (QED) is 0.896. The molecule has 134 valence electrons. The van der Waals surface area contributed by atoms with Gasteiger partial charge in [0.05, 0.1) is 0 Å². The van der Waals surface area contributed by atoms with Crippen LogP contribution in [0.1, 0.15) is 49.2 Å². The van der Waals surface area contributed by atoms with Crippen molar-refractivity contribution in [3.8, 4) is 0 Å². The fourth-order valence-corrected chi connectivity index (χ4v) is 3.39. The van der Waals surface area contributed by atoms with Crippen LogP contribution in [0.5, 0.6) is 0 Å². The first-order valence-corrected chi connectivity index (χ1v) is 9.10. The van der Waals surface area contributed by atoms with Crippen molar-refractivity contribution >= 4 is 22.7 Å². The van der Waals surface area contributed by atoms with Gasteiger partial charge in [0.25, 0.3) is 5.91 Å². The molecule has 0 atom stereocenters. The van der Waals surface area contributed by atoms with Crippen LogP contribution in [-0.4, -0.2) is 40.8 Å². The van der Waals surface area contributed by atoms with E-state index in [1.54, 1.807) is 0 Å². The summed E-state index contributed by atoms with van der Waals surface area (Å²) >= 11 is 0. The molecule has 1 fully saturated rings. The Kier molecular flexibility index (Phi) is 5.11. The number of carbonyl (C=O) groups excluding carboxylic acids is 2. The number of aromatic amines is 1. The highest BCUT2D eigenvalue weighted by atomic mass is 16.2. The van der Waals surface area contributed by atoms with E-state index in [0.29, 0.717) is 18.0 Å². The Labute approximate surface area is 148 Å². The van der Waals surface area contributed by atoms with Gasteiger partial charge in [0, 0.05) is 36.5 Å². The number of amides is 2. The predicted octanol–water partition coefficient (Wildman–Crippen LogP) is 3.24. The number of nitrogens with zero attached hydrogens (tertiary/aromatic N) is 1. The molecule has 1 aliphatic heterocycles. The van der Waals surface area contributed by atoms with Crippen molar-refractivity contribution in [2.24, 2.45) is 5.92 Å².